The Morgan fingerprint density at radius 1 is 1.14 bits per heavy atom. The smallest absolute Gasteiger partial charge is 0.356 e. The van der Waals surface area contributed by atoms with E-state index < -0.39 is 22.4 Å². The van der Waals surface area contributed by atoms with E-state index in [-0.39, 0.29) is 5.97 Å². The minimum Gasteiger partial charge on any atom is -0.493 e. The van der Waals surface area contributed by atoms with Crippen LogP contribution in [0.3, 0.4) is 0 Å². The van der Waals surface area contributed by atoms with E-state index in [1.54, 1.807) is 24.3 Å². The first kappa shape index (κ1) is 14.9. The number of hydrogen-bond acceptors (Lipinski definition) is 5. The molecule has 0 spiro atoms. The largest absolute Gasteiger partial charge is 0.493 e. The van der Waals surface area contributed by atoms with Crippen molar-refractivity contribution in [3.63, 3.8) is 0 Å². The fraction of sp³-hybridized carbons (Fsp3) is 0.529. The van der Waals surface area contributed by atoms with Crippen LogP contribution in [0.2, 0.25) is 0 Å². The second-order valence-electron chi connectivity index (χ2n) is 6.71. The van der Waals surface area contributed by atoms with Gasteiger partial charge in [0.2, 0.25) is 5.60 Å². The van der Waals surface area contributed by atoms with Crippen LogP contribution in [0.25, 0.3) is 0 Å². The van der Waals surface area contributed by atoms with Gasteiger partial charge < -0.3 is 14.2 Å². The minimum absolute atomic E-state index is 0.319. The Morgan fingerprint density at radius 2 is 1.77 bits per heavy atom. The highest BCUT2D eigenvalue weighted by Gasteiger charge is 2.76. The van der Waals surface area contributed by atoms with Crippen LogP contribution in [0.5, 0.6) is 11.5 Å². The number of ether oxygens (including phenoxy) is 3. The molecule has 3 rings (SSSR count). The number of carbonyl (C=O) groups excluding carboxylic acids is 2. The summed E-state index contributed by atoms with van der Waals surface area (Å²) in [6.45, 7) is 5.66. The molecule has 0 N–H and O–H groups in total. The van der Waals surface area contributed by atoms with Gasteiger partial charge in [0.15, 0.2) is 11.5 Å². The highest BCUT2D eigenvalue weighted by Crippen LogP contribution is 2.65. The van der Waals surface area contributed by atoms with Gasteiger partial charge >= 0.3 is 11.9 Å². The average molecular weight is 304 g/mol. The summed E-state index contributed by atoms with van der Waals surface area (Å²) in [4.78, 5) is 25.0. The lowest BCUT2D eigenvalue weighted by Gasteiger charge is -2.34. The Bertz CT molecular complexity index is 650. The molecule has 1 aliphatic carbocycles. The molecule has 2 atom stereocenters. The Kier molecular flexibility index (Phi) is 3.03. The molecule has 118 valence electrons. The summed E-state index contributed by atoms with van der Waals surface area (Å²) in [5.41, 5.74) is -2.48. The molecule has 1 aromatic rings. The summed E-state index contributed by atoms with van der Waals surface area (Å²) in [5.74, 6) is -0.0517. The van der Waals surface area contributed by atoms with E-state index in [2.05, 4.69) is 0 Å². The molecule has 5 heteroatoms. The van der Waals surface area contributed by atoms with E-state index in [9.17, 15) is 9.59 Å². The van der Waals surface area contributed by atoms with Crippen molar-refractivity contribution in [3.05, 3.63) is 24.3 Å². The molecule has 2 bridgehead atoms. The number of fused-ring (bicyclic) bond motifs is 2. The summed E-state index contributed by atoms with van der Waals surface area (Å²) in [7, 11) is 1.51. The highest BCUT2D eigenvalue weighted by atomic mass is 16.6. The van der Waals surface area contributed by atoms with Crippen molar-refractivity contribution in [2.75, 3.05) is 7.11 Å². The first-order valence-electron chi connectivity index (χ1n) is 7.37. The van der Waals surface area contributed by atoms with Crippen molar-refractivity contribution in [3.8, 4) is 11.5 Å². The van der Waals surface area contributed by atoms with Crippen molar-refractivity contribution < 1.29 is 23.8 Å². The predicted octanol–water partition coefficient (Wildman–Crippen LogP) is 2.72. The topological polar surface area (TPSA) is 61.8 Å². The van der Waals surface area contributed by atoms with Crippen LogP contribution < -0.4 is 9.47 Å². The minimum atomic E-state index is -1.22. The molecule has 0 amide bonds. The molecule has 1 aromatic carbocycles. The quantitative estimate of drug-likeness (QED) is 0.634. The van der Waals surface area contributed by atoms with Crippen LogP contribution >= 0.6 is 0 Å². The molecule has 2 fully saturated rings. The molecule has 1 aliphatic heterocycles. The first-order chi connectivity index (χ1) is 10.3. The van der Waals surface area contributed by atoms with Crippen LogP contribution in [0, 0.1) is 10.8 Å². The third kappa shape index (κ3) is 1.59. The lowest BCUT2D eigenvalue weighted by Crippen LogP contribution is -2.50. The van der Waals surface area contributed by atoms with Gasteiger partial charge in [-0.25, -0.2) is 4.79 Å². The van der Waals surface area contributed by atoms with Crippen molar-refractivity contribution in [2.45, 2.75) is 39.2 Å². The number of para-hydroxylation sites is 2. The zero-order valence-electron chi connectivity index (χ0n) is 13.3. The van der Waals surface area contributed by atoms with Crippen LogP contribution in [-0.4, -0.2) is 24.6 Å². The van der Waals surface area contributed by atoms with Gasteiger partial charge in [-0.2, -0.15) is 0 Å². The van der Waals surface area contributed by atoms with E-state index >= 15 is 0 Å². The summed E-state index contributed by atoms with van der Waals surface area (Å²) in [6.07, 6.45) is 1.11. The lowest BCUT2D eigenvalue weighted by molar-refractivity contribution is -0.176. The third-order valence-electron chi connectivity index (χ3n) is 5.69. The number of hydrogen-bond donors (Lipinski definition) is 0. The van der Waals surface area contributed by atoms with Crippen LogP contribution in [0.15, 0.2) is 24.3 Å². The third-order valence-corrected chi connectivity index (χ3v) is 5.69. The van der Waals surface area contributed by atoms with Gasteiger partial charge in [-0.05, 0) is 31.9 Å². The normalized spacial score (nSPS) is 31.7. The molecular formula is C17H20O5. The van der Waals surface area contributed by atoms with Gasteiger partial charge in [-0.3, -0.25) is 4.79 Å². The molecule has 22 heavy (non-hydrogen) atoms. The van der Waals surface area contributed by atoms with Crippen molar-refractivity contribution >= 4 is 11.9 Å². The maximum Gasteiger partial charge on any atom is 0.356 e. The average Bonchev–Trinajstić information content (AvgIpc) is 2.78. The van der Waals surface area contributed by atoms with Crippen molar-refractivity contribution in [1.29, 1.82) is 0 Å². The number of methoxy groups -OCH3 is 1. The number of esters is 2. The first-order valence-corrected chi connectivity index (χ1v) is 7.37. The molecule has 0 aromatic heterocycles. The molecular weight excluding hydrogens is 284 g/mol. The molecule has 1 saturated carbocycles. The monoisotopic (exact) mass is 304 g/mol. The number of rotatable bonds is 3. The van der Waals surface area contributed by atoms with E-state index in [1.165, 1.54) is 7.11 Å². The van der Waals surface area contributed by atoms with E-state index in [0.29, 0.717) is 24.3 Å². The fourth-order valence-corrected chi connectivity index (χ4v) is 3.59. The summed E-state index contributed by atoms with van der Waals surface area (Å²) in [6, 6.07) is 6.92. The second kappa shape index (κ2) is 4.48. The summed E-state index contributed by atoms with van der Waals surface area (Å²) < 4.78 is 16.2. The molecule has 0 radical (unpaired) electrons. The molecule has 5 nitrogen and oxygen atoms in total. The summed E-state index contributed by atoms with van der Waals surface area (Å²) >= 11 is 0. The number of carbonyl (C=O) groups is 2. The maximum absolute atomic E-state index is 12.8. The number of benzene rings is 1. The van der Waals surface area contributed by atoms with Crippen LogP contribution in [-0.2, 0) is 14.3 Å². The van der Waals surface area contributed by atoms with Gasteiger partial charge in [0, 0.05) is 5.41 Å². The van der Waals surface area contributed by atoms with E-state index in [0.717, 1.165) is 0 Å². The molecule has 1 heterocycles. The van der Waals surface area contributed by atoms with Gasteiger partial charge in [-0.1, -0.05) is 26.0 Å². The van der Waals surface area contributed by atoms with Gasteiger partial charge in [0.05, 0.1) is 12.5 Å². The highest BCUT2D eigenvalue weighted by molar-refractivity contribution is 5.94. The zero-order chi connectivity index (χ0) is 16.2. The van der Waals surface area contributed by atoms with Crippen molar-refractivity contribution in [2.24, 2.45) is 10.8 Å². The maximum atomic E-state index is 12.8. The van der Waals surface area contributed by atoms with Crippen molar-refractivity contribution in [1.82, 2.24) is 0 Å². The van der Waals surface area contributed by atoms with E-state index in [4.69, 9.17) is 14.2 Å². The van der Waals surface area contributed by atoms with Gasteiger partial charge in [-0.15, -0.1) is 0 Å². The van der Waals surface area contributed by atoms with Gasteiger partial charge in [0.1, 0.15) is 0 Å². The molecule has 1 saturated heterocycles. The lowest BCUT2D eigenvalue weighted by atomic mass is 9.66. The second-order valence-corrected chi connectivity index (χ2v) is 6.71. The SMILES string of the molecule is COc1ccccc1OC(=O)[C@]12CC[C@](C)(C(=O)O1)C2(C)C. The molecule has 0 unspecified atom stereocenters. The molecule has 2 aliphatic rings. The fourth-order valence-electron chi connectivity index (χ4n) is 3.59. The van der Waals surface area contributed by atoms with Crippen LogP contribution in [0.1, 0.15) is 33.6 Å². The summed E-state index contributed by atoms with van der Waals surface area (Å²) in [5, 5.41) is 0. The standard InChI is InChI=1S/C17H20O5/c1-15(2)16(3)9-10-17(15,22-13(16)18)14(19)21-12-8-6-5-7-11(12)20-4/h5-8H,9-10H2,1-4H3/t16-,17+/m1/s1. The predicted molar refractivity (Wildman–Crippen MR) is 78.6 cm³/mol. The Morgan fingerprint density at radius 3 is 2.27 bits per heavy atom. The van der Waals surface area contributed by atoms with E-state index in [1.807, 2.05) is 20.8 Å². The Balaban J connectivity index is 1.95. The van der Waals surface area contributed by atoms with Gasteiger partial charge in [0.25, 0.3) is 0 Å². The Hall–Kier alpha value is -2.04. The van der Waals surface area contributed by atoms with Crippen LogP contribution in [0.4, 0.5) is 0 Å². The Labute approximate surface area is 129 Å². The zero-order valence-corrected chi connectivity index (χ0v) is 13.3.